The number of carbonyl (C=O) groups excluding carboxylic acids is 1. The molecule has 1 atom stereocenters. The van der Waals surface area contributed by atoms with E-state index in [4.69, 9.17) is 5.73 Å². The van der Waals surface area contributed by atoms with Gasteiger partial charge >= 0.3 is 0 Å². The van der Waals surface area contributed by atoms with Crippen LogP contribution in [0.25, 0.3) is 0 Å². The lowest BCUT2D eigenvalue weighted by atomic mass is 9.87. The Labute approximate surface area is 102 Å². The third kappa shape index (κ3) is 3.46. The van der Waals surface area contributed by atoms with Gasteiger partial charge in [0.15, 0.2) is 0 Å². The quantitative estimate of drug-likeness (QED) is 0.687. The molecule has 0 aliphatic carbocycles. The Hall–Kier alpha value is -1.55. The van der Waals surface area contributed by atoms with Crippen molar-refractivity contribution in [3.05, 3.63) is 23.8 Å². The molecule has 0 fully saturated rings. The van der Waals surface area contributed by atoms with E-state index in [1.54, 1.807) is 12.1 Å². The largest absolute Gasteiger partial charge is 0.508 e. The first-order chi connectivity index (χ1) is 7.71. The number of carbonyl (C=O) groups is 1. The average molecular weight is 236 g/mol. The smallest absolute Gasteiger partial charge is 0.241 e. The molecular formula is C13H20N2O2. The minimum absolute atomic E-state index is 0.181. The highest BCUT2D eigenvalue weighted by molar-refractivity contribution is 5.95. The highest BCUT2D eigenvalue weighted by Crippen LogP contribution is 2.22. The third-order valence-corrected chi connectivity index (χ3v) is 2.68. The fourth-order valence-corrected chi connectivity index (χ4v) is 1.39. The van der Waals surface area contributed by atoms with E-state index in [9.17, 15) is 9.90 Å². The second-order valence-corrected chi connectivity index (χ2v) is 5.33. The molecule has 0 heterocycles. The highest BCUT2D eigenvalue weighted by atomic mass is 16.3. The van der Waals surface area contributed by atoms with Gasteiger partial charge in [0.1, 0.15) is 5.75 Å². The SMILES string of the molecule is Cc1cc(O)ccc1NC(=O)C(N)C(C)(C)C. The predicted molar refractivity (Wildman–Crippen MR) is 68.9 cm³/mol. The van der Waals surface area contributed by atoms with Crippen molar-refractivity contribution in [2.24, 2.45) is 11.1 Å². The first-order valence-electron chi connectivity index (χ1n) is 5.58. The maximum absolute atomic E-state index is 11.9. The summed E-state index contributed by atoms with van der Waals surface area (Å²) in [4.78, 5) is 11.9. The number of nitrogens with one attached hydrogen (secondary N) is 1. The van der Waals surface area contributed by atoms with Crippen LogP contribution in [0.15, 0.2) is 18.2 Å². The van der Waals surface area contributed by atoms with E-state index < -0.39 is 6.04 Å². The molecule has 0 bridgehead atoms. The van der Waals surface area contributed by atoms with Gasteiger partial charge in [-0.05, 0) is 36.1 Å². The van der Waals surface area contributed by atoms with Crippen molar-refractivity contribution < 1.29 is 9.90 Å². The maximum Gasteiger partial charge on any atom is 0.241 e. The number of hydrogen-bond donors (Lipinski definition) is 3. The Morgan fingerprint density at radius 2 is 2.00 bits per heavy atom. The first kappa shape index (κ1) is 13.5. The second kappa shape index (κ2) is 4.75. The number of anilines is 1. The molecule has 1 amide bonds. The lowest BCUT2D eigenvalue weighted by Crippen LogP contribution is -2.45. The summed E-state index contributed by atoms with van der Waals surface area (Å²) in [7, 11) is 0. The van der Waals surface area contributed by atoms with Crippen LogP contribution in [0.4, 0.5) is 5.69 Å². The standard InChI is InChI=1S/C13H20N2O2/c1-8-7-9(16)5-6-10(8)15-12(17)11(14)13(2,3)4/h5-7,11,16H,14H2,1-4H3,(H,15,17). The van der Waals surface area contributed by atoms with Crippen molar-refractivity contribution in [2.75, 3.05) is 5.32 Å². The number of hydrogen-bond acceptors (Lipinski definition) is 3. The van der Waals surface area contributed by atoms with Gasteiger partial charge in [0, 0.05) is 5.69 Å². The Morgan fingerprint density at radius 3 is 2.47 bits per heavy atom. The number of rotatable bonds is 2. The van der Waals surface area contributed by atoms with Gasteiger partial charge in [-0.1, -0.05) is 20.8 Å². The number of phenolic OH excluding ortho intramolecular Hbond substituents is 1. The summed E-state index contributed by atoms with van der Waals surface area (Å²) in [5.74, 6) is -0.0353. The summed E-state index contributed by atoms with van der Waals surface area (Å²) in [5.41, 5.74) is 7.06. The Balaban J connectivity index is 2.82. The van der Waals surface area contributed by atoms with Crippen molar-refractivity contribution in [3.8, 4) is 5.75 Å². The summed E-state index contributed by atoms with van der Waals surface area (Å²) >= 11 is 0. The van der Waals surface area contributed by atoms with Crippen LogP contribution in [-0.2, 0) is 4.79 Å². The van der Waals surface area contributed by atoms with Crippen LogP contribution in [0.5, 0.6) is 5.75 Å². The molecule has 0 saturated heterocycles. The van der Waals surface area contributed by atoms with Crippen LogP contribution < -0.4 is 11.1 Å². The molecule has 1 rings (SSSR count). The normalized spacial score (nSPS) is 13.2. The molecule has 94 valence electrons. The van der Waals surface area contributed by atoms with E-state index in [2.05, 4.69) is 5.32 Å². The number of benzene rings is 1. The molecule has 0 aliphatic rings. The van der Waals surface area contributed by atoms with Crippen molar-refractivity contribution in [2.45, 2.75) is 33.7 Å². The zero-order valence-electron chi connectivity index (χ0n) is 10.7. The van der Waals surface area contributed by atoms with Crippen LogP contribution in [0, 0.1) is 12.3 Å². The minimum Gasteiger partial charge on any atom is -0.508 e. The fraction of sp³-hybridized carbons (Fsp3) is 0.462. The Morgan fingerprint density at radius 1 is 1.41 bits per heavy atom. The van der Waals surface area contributed by atoms with Gasteiger partial charge in [-0.25, -0.2) is 0 Å². The number of aryl methyl sites for hydroxylation is 1. The molecule has 1 unspecified atom stereocenters. The van der Waals surface area contributed by atoms with Crippen LogP contribution in [0.3, 0.4) is 0 Å². The molecule has 0 saturated carbocycles. The van der Waals surface area contributed by atoms with Gasteiger partial charge in [0.05, 0.1) is 6.04 Å². The molecule has 0 aromatic heterocycles. The van der Waals surface area contributed by atoms with Crippen molar-refractivity contribution in [1.29, 1.82) is 0 Å². The summed E-state index contributed by atoms with van der Waals surface area (Å²) < 4.78 is 0. The van der Waals surface area contributed by atoms with Gasteiger partial charge in [-0.3, -0.25) is 4.79 Å². The second-order valence-electron chi connectivity index (χ2n) is 5.33. The fourth-order valence-electron chi connectivity index (χ4n) is 1.39. The number of amides is 1. The first-order valence-corrected chi connectivity index (χ1v) is 5.58. The minimum atomic E-state index is -0.573. The molecule has 1 aromatic carbocycles. The van der Waals surface area contributed by atoms with E-state index in [1.807, 2.05) is 27.7 Å². The zero-order chi connectivity index (χ0) is 13.2. The van der Waals surface area contributed by atoms with Gasteiger partial charge in [0.2, 0.25) is 5.91 Å². The topological polar surface area (TPSA) is 75.3 Å². The van der Waals surface area contributed by atoms with Crippen molar-refractivity contribution >= 4 is 11.6 Å². The van der Waals surface area contributed by atoms with Gasteiger partial charge < -0.3 is 16.2 Å². The average Bonchev–Trinajstić information content (AvgIpc) is 2.19. The highest BCUT2D eigenvalue weighted by Gasteiger charge is 2.27. The van der Waals surface area contributed by atoms with E-state index in [-0.39, 0.29) is 17.1 Å². The molecule has 4 nitrogen and oxygen atoms in total. The Bertz CT molecular complexity index is 422. The molecule has 0 radical (unpaired) electrons. The van der Waals surface area contributed by atoms with Crippen LogP contribution in [-0.4, -0.2) is 17.1 Å². The maximum atomic E-state index is 11.9. The Kier molecular flexibility index (Phi) is 3.78. The third-order valence-electron chi connectivity index (χ3n) is 2.68. The molecular weight excluding hydrogens is 216 g/mol. The molecule has 4 N–H and O–H groups in total. The van der Waals surface area contributed by atoms with Gasteiger partial charge in [-0.15, -0.1) is 0 Å². The van der Waals surface area contributed by atoms with Crippen LogP contribution >= 0.6 is 0 Å². The molecule has 0 aliphatic heterocycles. The van der Waals surface area contributed by atoms with E-state index >= 15 is 0 Å². The van der Waals surface area contributed by atoms with E-state index in [1.165, 1.54) is 6.07 Å². The summed E-state index contributed by atoms with van der Waals surface area (Å²) in [6.45, 7) is 7.57. The molecule has 17 heavy (non-hydrogen) atoms. The predicted octanol–water partition coefficient (Wildman–Crippen LogP) is 2.01. The van der Waals surface area contributed by atoms with Crippen LogP contribution in [0.1, 0.15) is 26.3 Å². The van der Waals surface area contributed by atoms with Gasteiger partial charge in [-0.2, -0.15) is 0 Å². The van der Waals surface area contributed by atoms with E-state index in [0.29, 0.717) is 5.69 Å². The lowest BCUT2D eigenvalue weighted by molar-refractivity contribution is -0.119. The monoisotopic (exact) mass is 236 g/mol. The summed E-state index contributed by atoms with van der Waals surface area (Å²) in [6.07, 6.45) is 0. The zero-order valence-corrected chi connectivity index (χ0v) is 10.7. The summed E-state index contributed by atoms with van der Waals surface area (Å²) in [6, 6.07) is 4.22. The van der Waals surface area contributed by atoms with E-state index in [0.717, 1.165) is 5.56 Å². The van der Waals surface area contributed by atoms with Crippen molar-refractivity contribution in [3.63, 3.8) is 0 Å². The summed E-state index contributed by atoms with van der Waals surface area (Å²) in [5, 5.41) is 12.0. The lowest BCUT2D eigenvalue weighted by Gasteiger charge is -2.26. The molecule has 1 aromatic rings. The van der Waals surface area contributed by atoms with Crippen molar-refractivity contribution in [1.82, 2.24) is 0 Å². The number of nitrogens with two attached hydrogens (primary N) is 1. The van der Waals surface area contributed by atoms with Crippen LogP contribution in [0.2, 0.25) is 0 Å². The molecule has 4 heteroatoms. The van der Waals surface area contributed by atoms with Gasteiger partial charge in [0.25, 0.3) is 0 Å². The molecule has 0 spiro atoms. The number of aromatic hydroxyl groups is 1. The number of phenols is 1.